The van der Waals surface area contributed by atoms with Gasteiger partial charge in [-0.05, 0) is 81.6 Å². The summed E-state index contributed by atoms with van der Waals surface area (Å²) in [6, 6.07) is 78.9. The summed E-state index contributed by atoms with van der Waals surface area (Å²) < 4.78 is 2.22. The number of aromatic nitrogens is 4. The first-order valence-corrected chi connectivity index (χ1v) is 20.2. The number of anilines is 3. The Balaban J connectivity index is 1.16. The van der Waals surface area contributed by atoms with Crippen LogP contribution >= 0.6 is 0 Å². The van der Waals surface area contributed by atoms with E-state index in [2.05, 4.69) is 198 Å². The highest BCUT2D eigenvalue weighted by molar-refractivity contribution is 6.11. The second-order valence-electron chi connectivity index (χ2n) is 14.9. The molecule has 0 aliphatic rings. The lowest BCUT2D eigenvalue weighted by molar-refractivity contribution is 0.953. The number of fused-ring (bicyclic) bond motifs is 4. The number of benzene rings is 9. The van der Waals surface area contributed by atoms with Gasteiger partial charge in [-0.15, -0.1) is 0 Å². The minimum atomic E-state index is 0.550. The van der Waals surface area contributed by atoms with Crippen molar-refractivity contribution in [3.05, 3.63) is 224 Å². The standard InChI is InChI=1S/C55H37N5/c1-5-15-38(16-6-1)40-27-30-47(31-28-40)59(46-23-11-4-12-24-46)48-32-34-50-49-33-29-45(44-26-25-39-17-13-14-22-43(39)35-44)36-51(49)60(52(50)37-48)55-57-53(41-18-7-2-8-19-41)56-54(58-55)42-20-9-3-10-21-42/h1-37H. The number of hydrogen-bond donors (Lipinski definition) is 0. The van der Waals surface area contributed by atoms with Gasteiger partial charge >= 0.3 is 0 Å². The van der Waals surface area contributed by atoms with Crippen molar-refractivity contribution in [2.24, 2.45) is 0 Å². The molecule has 0 radical (unpaired) electrons. The van der Waals surface area contributed by atoms with Crippen molar-refractivity contribution in [1.29, 1.82) is 0 Å². The van der Waals surface area contributed by atoms with E-state index in [-0.39, 0.29) is 0 Å². The molecule has 0 fully saturated rings. The third kappa shape index (κ3) is 6.45. The zero-order valence-electron chi connectivity index (χ0n) is 32.6. The van der Waals surface area contributed by atoms with Crippen LogP contribution in [0.4, 0.5) is 17.1 Å². The smallest absolute Gasteiger partial charge is 0.238 e. The van der Waals surface area contributed by atoms with Crippen LogP contribution in [0.2, 0.25) is 0 Å². The average Bonchev–Trinajstić information content (AvgIpc) is 3.66. The van der Waals surface area contributed by atoms with Crippen LogP contribution in [0.5, 0.6) is 0 Å². The maximum atomic E-state index is 5.27. The summed E-state index contributed by atoms with van der Waals surface area (Å²) in [5.41, 5.74) is 11.6. The quantitative estimate of drug-likeness (QED) is 0.154. The summed E-state index contributed by atoms with van der Waals surface area (Å²) >= 11 is 0. The summed E-state index contributed by atoms with van der Waals surface area (Å²) in [6.07, 6.45) is 0. The molecule has 9 aromatic carbocycles. The van der Waals surface area contributed by atoms with E-state index in [9.17, 15) is 0 Å². The molecule has 5 nitrogen and oxygen atoms in total. The van der Waals surface area contributed by atoms with Gasteiger partial charge in [0.15, 0.2) is 11.6 Å². The molecule has 0 spiro atoms. The van der Waals surface area contributed by atoms with Gasteiger partial charge in [-0.1, -0.05) is 176 Å². The van der Waals surface area contributed by atoms with Crippen molar-refractivity contribution in [3.63, 3.8) is 0 Å². The maximum absolute atomic E-state index is 5.27. The SMILES string of the molecule is c1ccc(-c2ccc(N(c3ccccc3)c3ccc4c5ccc(-c6ccc7ccccc7c6)cc5n(-c5nc(-c6ccccc6)nc(-c6ccccc6)n5)c4c3)cc2)cc1. The molecule has 0 unspecified atom stereocenters. The van der Waals surface area contributed by atoms with Gasteiger partial charge in [0.25, 0.3) is 0 Å². The van der Waals surface area contributed by atoms with E-state index in [1.165, 1.54) is 21.9 Å². The zero-order chi connectivity index (χ0) is 39.8. The van der Waals surface area contributed by atoms with E-state index in [1.54, 1.807) is 0 Å². The first kappa shape index (κ1) is 35.0. The molecule has 0 aliphatic heterocycles. The second-order valence-corrected chi connectivity index (χ2v) is 14.9. The van der Waals surface area contributed by atoms with E-state index in [1.807, 2.05) is 36.4 Å². The van der Waals surface area contributed by atoms with Crippen LogP contribution in [0.25, 0.3) is 83.6 Å². The molecule has 282 valence electrons. The van der Waals surface area contributed by atoms with Crippen LogP contribution in [0.15, 0.2) is 224 Å². The molecule has 0 saturated carbocycles. The summed E-state index contributed by atoms with van der Waals surface area (Å²) in [7, 11) is 0. The lowest BCUT2D eigenvalue weighted by Gasteiger charge is -2.26. The second kappa shape index (κ2) is 15.0. The Kier molecular flexibility index (Phi) is 8.75. The fourth-order valence-electron chi connectivity index (χ4n) is 8.27. The first-order chi connectivity index (χ1) is 29.7. The molecule has 2 aromatic heterocycles. The van der Waals surface area contributed by atoms with Crippen molar-refractivity contribution in [2.75, 3.05) is 4.90 Å². The van der Waals surface area contributed by atoms with Gasteiger partial charge in [-0.3, -0.25) is 4.57 Å². The van der Waals surface area contributed by atoms with Gasteiger partial charge in [0.05, 0.1) is 11.0 Å². The summed E-state index contributed by atoms with van der Waals surface area (Å²) in [4.78, 5) is 17.9. The van der Waals surface area contributed by atoms with Crippen LogP contribution in [-0.4, -0.2) is 19.5 Å². The molecule has 11 rings (SSSR count). The van der Waals surface area contributed by atoms with Gasteiger partial charge in [-0.25, -0.2) is 4.98 Å². The summed E-state index contributed by atoms with van der Waals surface area (Å²) in [5, 5.41) is 4.64. The predicted octanol–water partition coefficient (Wildman–Crippen LogP) is 14.3. The van der Waals surface area contributed by atoms with E-state index < -0.39 is 0 Å². The molecule has 5 heteroatoms. The molecule has 0 N–H and O–H groups in total. The zero-order valence-corrected chi connectivity index (χ0v) is 32.6. The highest BCUT2D eigenvalue weighted by Gasteiger charge is 2.21. The lowest BCUT2D eigenvalue weighted by Crippen LogP contribution is -2.10. The van der Waals surface area contributed by atoms with Gasteiger partial charge < -0.3 is 4.90 Å². The fraction of sp³-hybridized carbons (Fsp3) is 0. The third-order valence-corrected chi connectivity index (χ3v) is 11.2. The van der Waals surface area contributed by atoms with Crippen molar-refractivity contribution in [2.45, 2.75) is 0 Å². The molecular weight excluding hydrogens is 731 g/mol. The third-order valence-electron chi connectivity index (χ3n) is 11.2. The minimum Gasteiger partial charge on any atom is -0.310 e. The van der Waals surface area contributed by atoms with Crippen molar-refractivity contribution >= 4 is 49.6 Å². The van der Waals surface area contributed by atoms with Crippen LogP contribution < -0.4 is 4.90 Å². The topological polar surface area (TPSA) is 46.8 Å². The van der Waals surface area contributed by atoms with Gasteiger partial charge in [0.1, 0.15) is 0 Å². The molecule has 0 aliphatic carbocycles. The Morgan fingerprint density at radius 3 is 1.40 bits per heavy atom. The highest BCUT2D eigenvalue weighted by Crippen LogP contribution is 2.41. The van der Waals surface area contributed by atoms with Crippen molar-refractivity contribution < 1.29 is 0 Å². The Labute approximate surface area is 348 Å². The number of para-hydroxylation sites is 1. The van der Waals surface area contributed by atoms with E-state index in [0.29, 0.717) is 17.6 Å². The largest absolute Gasteiger partial charge is 0.310 e. The van der Waals surface area contributed by atoms with E-state index in [4.69, 9.17) is 15.0 Å². The summed E-state index contributed by atoms with van der Waals surface area (Å²) in [5.74, 6) is 1.77. The molecule has 0 bridgehead atoms. The van der Waals surface area contributed by atoms with E-state index >= 15 is 0 Å². The molecule has 0 amide bonds. The molecule has 11 aromatic rings. The lowest BCUT2D eigenvalue weighted by atomic mass is 10.00. The molecule has 2 heterocycles. The number of nitrogens with zero attached hydrogens (tertiary/aromatic N) is 5. The molecule has 60 heavy (non-hydrogen) atoms. The van der Waals surface area contributed by atoms with Gasteiger partial charge in [-0.2, -0.15) is 9.97 Å². The van der Waals surface area contributed by atoms with Crippen LogP contribution in [0.3, 0.4) is 0 Å². The van der Waals surface area contributed by atoms with Crippen LogP contribution in [-0.2, 0) is 0 Å². The maximum Gasteiger partial charge on any atom is 0.238 e. The Hall–Kier alpha value is -8.15. The van der Waals surface area contributed by atoms with Gasteiger partial charge in [0.2, 0.25) is 5.95 Å². The Morgan fingerprint density at radius 2 is 0.750 bits per heavy atom. The minimum absolute atomic E-state index is 0.550. The number of rotatable bonds is 8. The van der Waals surface area contributed by atoms with Gasteiger partial charge in [0, 0.05) is 39.0 Å². The predicted molar refractivity (Wildman–Crippen MR) is 248 cm³/mol. The molecule has 0 saturated heterocycles. The fourth-order valence-corrected chi connectivity index (χ4v) is 8.27. The normalized spacial score (nSPS) is 11.3. The average molecular weight is 768 g/mol. The highest BCUT2D eigenvalue weighted by atomic mass is 15.2. The Bertz CT molecular complexity index is 3230. The molecular formula is C55H37N5. The molecule has 0 atom stereocenters. The van der Waals surface area contributed by atoms with E-state index in [0.717, 1.165) is 61.1 Å². The number of hydrogen-bond acceptors (Lipinski definition) is 4. The van der Waals surface area contributed by atoms with Crippen LogP contribution in [0, 0.1) is 0 Å². The van der Waals surface area contributed by atoms with Crippen molar-refractivity contribution in [3.8, 4) is 51.0 Å². The Morgan fingerprint density at radius 1 is 0.300 bits per heavy atom. The first-order valence-electron chi connectivity index (χ1n) is 20.2. The monoisotopic (exact) mass is 767 g/mol. The summed E-state index contributed by atoms with van der Waals surface area (Å²) in [6.45, 7) is 0. The van der Waals surface area contributed by atoms with Crippen molar-refractivity contribution in [1.82, 2.24) is 19.5 Å². The van der Waals surface area contributed by atoms with Crippen LogP contribution in [0.1, 0.15) is 0 Å².